The van der Waals surface area contributed by atoms with Gasteiger partial charge in [0.25, 0.3) is 5.56 Å². The Bertz CT molecular complexity index is 829. The molecule has 0 aliphatic heterocycles. The zero-order valence-corrected chi connectivity index (χ0v) is 11.6. The van der Waals surface area contributed by atoms with Crippen LogP contribution in [-0.2, 0) is 0 Å². The molecule has 1 aromatic carbocycles. The highest BCUT2D eigenvalue weighted by Crippen LogP contribution is 2.25. The number of methoxy groups -OCH3 is 1. The third-order valence-electron chi connectivity index (χ3n) is 3.53. The molecule has 2 heterocycles. The lowest BCUT2D eigenvalue weighted by atomic mass is 10.1. The van der Waals surface area contributed by atoms with Crippen molar-refractivity contribution in [3.63, 3.8) is 0 Å². The van der Waals surface area contributed by atoms with Crippen molar-refractivity contribution in [1.82, 2.24) is 14.6 Å². The van der Waals surface area contributed by atoms with E-state index in [0.29, 0.717) is 11.2 Å². The fraction of sp³-hybridized carbons (Fsp3) is 0.200. The van der Waals surface area contributed by atoms with Gasteiger partial charge in [-0.05, 0) is 31.5 Å². The van der Waals surface area contributed by atoms with Gasteiger partial charge in [-0.3, -0.25) is 9.89 Å². The number of hydrogen-bond donors (Lipinski definition) is 1. The fourth-order valence-electron chi connectivity index (χ4n) is 2.19. The van der Waals surface area contributed by atoms with Gasteiger partial charge in [-0.25, -0.2) is 9.50 Å². The zero-order chi connectivity index (χ0) is 14.3. The normalized spacial score (nSPS) is 10.9. The minimum atomic E-state index is -0.0627. The molecule has 0 bridgehead atoms. The first-order valence-corrected chi connectivity index (χ1v) is 6.33. The number of benzene rings is 1. The van der Waals surface area contributed by atoms with Crippen molar-refractivity contribution in [2.24, 2.45) is 0 Å². The van der Waals surface area contributed by atoms with Crippen molar-refractivity contribution >= 4 is 5.65 Å². The molecule has 3 rings (SSSR count). The van der Waals surface area contributed by atoms with Gasteiger partial charge in [-0.1, -0.05) is 12.1 Å². The summed E-state index contributed by atoms with van der Waals surface area (Å²) in [4.78, 5) is 16.7. The van der Waals surface area contributed by atoms with E-state index in [1.54, 1.807) is 20.2 Å². The SMILES string of the molecule is COc1ccc(-c2c[nH]n3c(=O)c(C)c(C)nc23)cc1. The van der Waals surface area contributed by atoms with Crippen LogP contribution in [0.3, 0.4) is 0 Å². The highest BCUT2D eigenvalue weighted by Gasteiger charge is 2.12. The number of hydrogen-bond acceptors (Lipinski definition) is 3. The second-order valence-electron chi connectivity index (χ2n) is 4.70. The molecule has 0 saturated carbocycles. The Morgan fingerprint density at radius 2 is 1.90 bits per heavy atom. The summed E-state index contributed by atoms with van der Waals surface area (Å²) in [5, 5.41) is 2.96. The first-order valence-electron chi connectivity index (χ1n) is 6.33. The van der Waals surface area contributed by atoms with E-state index in [9.17, 15) is 4.79 Å². The Labute approximate surface area is 115 Å². The number of rotatable bonds is 2. The molecule has 0 saturated heterocycles. The van der Waals surface area contributed by atoms with Crippen LogP contribution < -0.4 is 10.3 Å². The third-order valence-corrected chi connectivity index (χ3v) is 3.53. The Balaban J connectivity index is 2.24. The number of aromatic nitrogens is 3. The Hall–Kier alpha value is -2.56. The van der Waals surface area contributed by atoms with Gasteiger partial charge in [0.2, 0.25) is 0 Å². The van der Waals surface area contributed by atoms with E-state index in [2.05, 4.69) is 10.1 Å². The van der Waals surface area contributed by atoms with Gasteiger partial charge < -0.3 is 4.74 Å². The van der Waals surface area contributed by atoms with Crippen LogP contribution in [0, 0.1) is 13.8 Å². The second-order valence-corrected chi connectivity index (χ2v) is 4.70. The number of H-pyrrole nitrogens is 1. The standard InChI is InChI=1S/C15H15N3O2/c1-9-10(2)17-14-13(8-16-18(14)15(9)19)11-4-6-12(20-3)7-5-11/h4-8,16H,1-3H3. The first-order chi connectivity index (χ1) is 9.61. The summed E-state index contributed by atoms with van der Waals surface area (Å²) < 4.78 is 6.62. The predicted molar refractivity (Wildman–Crippen MR) is 77.3 cm³/mol. The maximum Gasteiger partial charge on any atom is 0.275 e. The van der Waals surface area contributed by atoms with Crippen molar-refractivity contribution in [3.8, 4) is 16.9 Å². The van der Waals surface area contributed by atoms with E-state index >= 15 is 0 Å². The molecule has 0 radical (unpaired) electrons. The molecular weight excluding hydrogens is 254 g/mol. The summed E-state index contributed by atoms with van der Waals surface area (Å²) in [5.74, 6) is 0.797. The topological polar surface area (TPSA) is 59.4 Å². The third kappa shape index (κ3) is 1.79. The number of nitrogens with zero attached hydrogens (tertiary/aromatic N) is 2. The molecule has 0 amide bonds. The highest BCUT2D eigenvalue weighted by molar-refractivity contribution is 5.77. The van der Waals surface area contributed by atoms with E-state index in [0.717, 1.165) is 22.6 Å². The Morgan fingerprint density at radius 1 is 1.20 bits per heavy atom. The molecule has 1 N–H and O–H groups in total. The minimum absolute atomic E-state index is 0.0627. The number of nitrogens with one attached hydrogen (secondary N) is 1. The van der Waals surface area contributed by atoms with Crippen LogP contribution in [0.25, 0.3) is 16.8 Å². The van der Waals surface area contributed by atoms with Crippen LogP contribution >= 0.6 is 0 Å². The summed E-state index contributed by atoms with van der Waals surface area (Å²) in [5.41, 5.74) is 3.87. The van der Waals surface area contributed by atoms with Gasteiger partial charge in [0.05, 0.1) is 7.11 Å². The van der Waals surface area contributed by atoms with Crippen molar-refractivity contribution in [2.45, 2.75) is 13.8 Å². The molecular formula is C15H15N3O2. The molecule has 0 aliphatic rings. The van der Waals surface area contributed by atoms with E-state index in [4.69, 9.17) is 4.74 Å². The molecule has 0 spiro atoms. The molecule has 5 heteroatoms. The van der Waals surface area contributed by atoms with Crippen molar-refractivity contribution in [2.75, 3.05) is 7.11 Å². The Morgan fingerprint density at radius 3 is 2.55 bits per heavy atom. The van der Waals surface area contributed by atoms with Crippen LogP contribution in [0.15, 0.2) is 35.3 Å². The molecule has 2 aromatic heterocycles. The lowest BCUT2D eigenvalue weighted by molar-refractivity contribution is 0.415. The smallest absolute Gasteiger partial charge is 0.275 e. The molecule has 20 heavy (non-hydrogen) atoms. The van der Waals surface area contributed by atoms with Gasteiger partial charge in [0, 0.05) is 23.0 Å². The van der Waals surface area contributed by atoms with Gasteiger partial charge in [0.1, 0.15) is 5.75 Å². The molecule has 3 aromatic rings. The van der Waals surface area contributed by atoms with E-state index in [-0.39, 0.29) is 5.56 Å². The van der Waals surface area contributed by atoms with Crippen LogP contribution in [0.4, 0.5) is 0 Å². The monoisotopic (exact) mass is 269 g/mol. The van der Waals surface area contributed by atoms with Crippen molar-refractivity contribution in [3.05, 3.63) is 52.1 Å². The summed E-state index contributed by atoms with van der Waals surface area (Å²) >= 11 is 0. The molecule has 0 aliphatic carbocycles. The van der Waals surface area contributed by atoms with Crippen molar-refractivity contribution in [1.29, 1.82) is 0 Å². The number of fused-ring (bicyclic) bond motifs is 1. The van der Waals surface area contributed by atoms with E-state index < -0.39 is 0 Å². The first kappa shape index (κ1) is 12.5. The summed E-state index contributed by atoms with van der Waals surface area (Å²) in [6.45, 7) is 3.63. The summed E-state index contributed by atoms with van der Waals surface area (Å²) in [6.07, 6.45) is 1.80. The molecule has 0 fully saturated rings. The summed E-state index contributed by atoms with van der Waals surface area (Å²) in [6, 6.07) is 7.67. The molecule has 102 valence electrons. The van der Waals surface area contributed by atoms with Crippen molar-refractivity contribution < 1.29 is 4.74 Å². The number of ether oxygens (including phenoxy) is 1. The maximum absolute atomic E-state index is 12.2. The van der Waals surface area contributed by atoms with Gasteiger partial charge >= 0.3 is 0 Å². The van der Waals surface area contributed by atoms with E-state index in [1.165, 1.54) is 4.52 Å². The van der Waals surface area contributed by atoms with Crippen LogP contribution in [0.2, 0.25) is 0 Å². The lowest BCUT2D eigenvalue weighted by Crippen LogP contribution is -2.19. The van der Waals surface area contributed by atoms with Crippen LogP contribution in [-0.4, -0.2) is 21.7 Å². The van der Waals surface area contributed by atoms with Crippen LogP contribution in [0.1, 0.15) is 11.3 Å². The predicted octanol–water partition coefficient (Wildman–Crippen LogP) is 2.32. The van der Waals surface area contributed by atoms with Crippen LogP contribution in [0.5, 0.6) is 5.75 Å². The second kappa shape index (κ2) is 4.52. The highest BCUT2D eigenvalue weighted by atomic mass is 16.5. The number of aryl methyl sites for hydroxylation is 1. The lowest BCUT2D eigenvalue weighted by Gasteiger charge is -2.03. The molecule has 0 atom stereocenters. The average molecular weight is 269 g/mol. The largest absolute Gasteiger partial charge is 0.497 e. The average Bonchev–Trinajstić information content (AvgIpc) is 2.89. The van der Waals surface area contributed by atoms with Gasteiger partial charge in [-0.2, -0.15) is 0 Å². The van der Waals surface area contributed by atoms with Gasteiger partial charge in [-0.15, -0.1) is 0 Å². The van der Waals surface area contributed by atoms with Gasteiger partial charge in [0.15, 0.2) is 5.65 Å². The Kier molecular flexibility index (Phi) is 2.82. The zero-order valence-electron chi connectivity index (χ0n) is 11.6. The minimum Gasteiger partial charge on any atom is -0.497 e. The number of aromatic amines is 1. The maximum atomic E-state index is 12.2. The fourth-order valence-corrected chi connectivity index (χ4v) is 2.19. The van der Waals surface area contributed by atoms with E-state index in [1.807, 2.05) is 31.2 Å². The molecule has 0 unspecified atom stereocenters. The quantitative estimate of drug-likeness (QED) is 0.776. The molecule has 5 nitrogen and oxygen atoms in total. The summed E-state index contributed by atoms with van der Waals surface area (Å²) in [7, 11) is 1.63.